The van der Waals surface area contributed by atoms with Crippen LogP contribution in [0.25, 0.3) is 0 Å². The summed E-state index contributed by atoms with van der Waals surface area (Å²) in [5, 5.41) is 5.09. The fourth-order valence-corrected chi connectivity index (χ4v) is 3.63. The minimum absolute atomic E-state index is 0.124. The van der Waals surface area contributed by atoms with E-state index in [1.807, 2.05) is 0 Å². The Balaban J connectivity index is 1.70. The van der Waals surface area contributed by atoms with Gasteiger partial charge in [-0.1, -0.05) is 37.7 Å². The first-order valence-corrected chi connectivity index (χ1v) is 9.44. The lowest BCUT2D eigenvalue weighted by Gasteiger charge is -2.14. The molecule has 0 aliphatic carbocycles. The summed E-state index contributed by atoms with van der Waals surface area (Å²) in [6, 6.07) is 0. The van der Waals surface area contributed by atoms with Gasteiger partial charge in [0.2, 0.25) is 5.89 Å². The third-order valence-corrected chi connectivity index (χ3v) is 5.25. The SMILES string of the molecule is Cc1nc(SCc2noc(C(C)(C)C)n2)n(C[C@H]2CCCO2)c1C. The lowest BCUT2D eigenvalue weighted by Crippen LogP contribution is -2.16. The molecule has 0 bridgehead atoms. The highest BCUT2D eigenvalue weighted by Crippen LogP contribution is 2.27. The van der Waals surface area contributed by atoms with Gasteiger partial charge in [0.1, 0.15) is 0 Å². The topological polar surface area (TPSA) is 66.0 Å². The second-order valence-electron chi connectivity index (χ2n) is 7.37. The molecule has 0 aromatic carbocycles. The van der Waals surface area contributed by atoms with Crippen molar-refractivity contribution in [2.24, 2.45) is 0 Å². The molecule has 1 saturated heterocycles. The summed E-state index contributed by atoms with van der Waals surface area (Å²) in [5.74, 6) is 2.04. The number of ether oxygens (including phenoxy) is 1. The van der Waals surface area contributed by atoms with Gasteiger partial charge in [0, 0.05) is 17.7 Å². The zero-order chi connectivity index (χ0) is 17.3. The van der Waals surface area contributed by atoms with Crippen LogP contribution in [0.1, 0.15) is 56.7 Å². The first-order chi connectivity index (χ1) is 11.3. The molecule has 3 rings (SSSR count). The molecule has 2 aromatic heterocycles. The van der Waals surface area contributed by atoms with Crippen molar-refractivity contribution in [2.75, 3.05) is 6.61 Å². The lowest BCUT2D eigenvalue weighted by atomic mass is 9.97. The van der Waals surface area contributed by atoms with Gasteiger partial charge in [0.25, 0.3) is 0 Å². The highest BCUT2D eigenvalue weighted by molar-refractivity contribution is 7.98. The molecular weight excluding hydrogens is 324 g/mol. The van der Waals surface area contributed by atoms with Crippen LogP contribution < -0.4 is 0 Å². The van der Waals surface area contributed by atoms with Crippen LogP contribution in [0, 0.1) is 13.8 Å². The number of thioether (sulfide) groups is 1. The molecule has 6 nitrogen and oxygen atoms in total. The largest absolute Gasteiger partial charge is 0.376 e. The van der Waals surface area contributed by atoms with Crippen molar-refractivity contribution in [3.8, 4) is 0 Å². The van der Waals surface area contributed by atoms with E-state index in [9.17, 15) is 0 Å². The third kappa shape index (κ3) is 3.83. The van der Waals surface area contributed by atoms with Crippen molar-refractivity contribution >= 4 is 11.8 Å². The number of rotatable bonds is 5. The van der Waals surface area contributed by atoms with Crippen LogP contribution in [0.15, 0.2) is 9.68 Å². The Morgan fingerprint density at radius 1 is 1.25 bits per heavy atom. The van der Waals surface area contributed by atoms with Gasteiger partial charge in [0.05, 0.1) is 24.1 Å². The first kappa shape index (κ1) is 17.5. The average molecular weight is 350 g/mol. The van der Waals surface area contributed by atoms with Gasteiger partial charge in [-0.25, -0.2) is 4.98 Å². The Morgan fingerprint density at radius 3 is 2.67 bits per heavy atom. The molecule has 24 heavy (non-hydrogen) atoms. The number of hydrogen-bond acceptors (Lipinski definition) is 6. The highest BCUT2D eigenvalue weighted by Gasteiger charge is 2.23. The second kappa shape index (κ2) is 6.88. The smallest absolute Gasteiger partial charge is 0.232 e. The molecule has 0 spiro atoms. The van der Waals surface area contributed by atoms with Crippen LogP contribution in [-0.4, -0.2) is 32.4 Å². The van der Waals surface area contributed by atoms with Crippen molar-refractivity contribution in [1.29, 1.82) is 0 Å². The maximum atomic E-state index is 5.78. The predicted octanol–water partition coefficient (Wildman–Crippen LogP) is 3.65. The summed E-state index contributed by atoms with van der Waals surface area (Å²) < 4.78 is 13.4. The maximum absolute atomic E-state index is 5.78. The third-order valence-electron chi connectivity index (χ3n) is 4.27. The summed E-state index contributed by atoms with van der Waals surface area (Å²) in [6.07, 6.45) is 2.58. The van der Waals surface area contributed by atoms with Crippen LogP contribution in [0.2, 0.25) is 0 Å². The van der Waals surface area contributed by atoms with E-state index in [2.05, 4.69) is 49.3 Å². The Hall–Kier alpha value is -1.34. The molecule has 1 aliphatic rings. The Morgan fingerprint density at radius 2 is 2.04 bits per heavy atom. The molecule has 1 aliphatic heterocycles. The Labute approximate surface area is 147 Å². The number of aromatic nitrogens is 4. The fourth-order valence-electron chi connectivity index (χ4n) is 2.69. The van der Waals surface area contributed by atoms with E-state index in [0.29, 0.717) is 23.6 Å². The maximum Gasteiger partial charge on any atom is 0.232 e. The predicted molar refractivity (Wildman–Crippen MR) is 93.2 cm³/mol. The van der Waals surface area contributed by atoms with E-state index < -0.39 is 0 Å². The first-order valence-electron chi connectivity index (χ1n) is 8.46. The highest BCUT2D eigenvalue weighted by atomic mass is 32.2. The van der Waals surface area contributed by atoms with Gasteiger partial charge in [-0.2, -0.15) is 4.98 Å². The van der Waals surface area contributed by atoms with Crippen LogP contribution in [0.3, 0.4) is 0 Å². The monoisotopic (exact) mass is 350 g/mol. The van der Waals surface area contributed by atoms with E-state index in [0.717, 1.165) is 36.8 Å². The summed E-state index contributed by atoms with van der Waals surface area (Å²) in [6.45, 7) is 12.1. The standard InChI is InChI=1S/C17H26N4O2S/c1-11-12(2)21(9-13-7-6-8-22-13)16(18-11)24-10-14-19-15(23-20-14)17(3,4)5/h13H,6-10H2,1-5H3/t13-/m1/s1. The molecule has 0 saturated carbocycles. The minimum Gasteiger partial charge on any atom is -0.376 e. The molecule has 0 N–H and O–H groups in total. The van der Waals surface area contributed by atoms with Gasteiger partial charge >= 0.3 is 0 Å². The fraction of sp³-hybridized carbons (Fsp3) is 0.706. The van der Waals surface area contributed by atoms with Crippen molar-refractivity contribution in [2.45, 2.75) is 76.4 Å². The summed E-state index contributed by atoms with van der Waals surface area (Å²) in [7, 11) is 0. The zero-order valence-electron chi connectivity index (χ0n) is 15.1. The van der Waals surface area contributed by atoms with Crippen LogP contribution >= 0.6 is 11.8 Å². The Bertz CT molecular complexity index is 696. The average Bonchev–Trinajstić information content (AvgIpc) is 3.22. The molecule has 7 heteroatoms. The molecule has 0 unspecified atom stereocenters. The molecule has 0 radical (unpaired) electrons. The van der Waals surface area contributed by atoms with E-state index in [1.165, 1.54) is 5.69 Å². The summed E-state index contributed by atoms with van der Waals surface area (Å²) >= 11 is 1.65. The summed E-state index contributed by atoms with van der Waals surface area (Å²) in [4.78, 5) is 9.21. The molecule has 1 fully saturated rings. The molecule has 132 valence electrons. The number of imidazole rings is 1. The zero-order valence-corrected chi connectivity index (χ0v) is 15.9. The van der Waals surface area contributed by atoms with E-state index in [4.69, 9.17) is 14.2 Å². The molecular formula is C17H26N4O2S. The van der Waals surface area contributed by atoms with Crippen molar-refractivity contribution in [3.63, 3.8) is 0 Å². The number of hydrogen-bond donors (Lipinski definition) is 0. The number of nitrogens with zero attached hydrogens (tertiary/aromatic N) is 4. The van der Waals surface area contributed by atoms with Gasteiger partial charge < -0.3 is 13.8 Å². The van der Waals surface area contributed by atoms with E-state index >= 15 is 0 Å². The molecule has 1 atom stereocenters. The van der Waals surface area contributed by atoms with Crippen LogP contribution in [0.4, 0.5) is 0 Å². The van der Waals surface area contributed by atoms with Crippen molar-refractivity contribution in [3.05, 3.63) is 23.1 Å². The van der Waals surface area contributed by atoms with E-state index in [1.54, 1.807) is 11.8 Å². The van der Waals surface area contributed by atoms with Crippen LogP contribution in [0.5, 0.6) is 0 Å². The van der Waals surface area contributed by atoms with Crippen molar-refractivity contribution in [1.82, 2.24) is 19.7 Å². The van der Waals surface area contributed by atoms with Gasteiger partial charge in [-0.15, -0.1) is 0 Å². The van der Waals surface area contributed by atoms with E-state index in [-0.39, 0.29) is 5.41 Å². The Kier molecular flexibility index (Phi) is 5.01. The lowest BCUT2D eigenvalue weighted by molar-refractivity contribution is 0.0945. The van der Waals surface area contributed by atoms with Crippen molar-refractivity contribution < 1.29 is 9.26 Å². The molecule has 2 aromatic rings. The minimum atomic E-state index is -0.124. The van der Waals surface area contributed by atoms with Gasteiger partial charge in [-0.05, 0) is 26.7 Å². The second-order valence-corrected chi connectivity index (χ2v) is 8.31. The van der Waals surface area contributed by atoms with Gasteiger partial charge in [0.15, 0.2) is 11.0 Å². The normalized spacial score (nSPS) is 18.5. The van der Waals surface area contributed by atoms with Gasteiger partial charge in [-0.3, -0.25) is 0 Å². The number of aryl methyl sites for hydroxylation is 1. The molecule has 3 heterocycles. The quantitative estimate of drug-likeness (QED) is 0.767. The van der Waals surface area contributed by atoms with Crippen LogP contribution in [-0.2, 0) is 22.4 Å². The molecule has 0 amide bonds. The summed E-state index contributed by atoms with van der Waals surface area (Å²) in [5.41, 5.74) is 2.15.